The molecule has 0 saturated carbocycles. The lowest BCUT2D eigenvalue weighted by Crippen LogP contribution is -2.20. The Morgan fingerprint density at radius 1 is 1.19 bits per heavy atom. The summed E-state index contributed by atoms with van der Waals surface area (Å²) in [4.78, 5) is 27.8. The largest absolute Gasteiger partial charge is 0.478 e. The van der Waals surface area contributed by atoms with E-state index in [1.807, 2.05) is 0 Å². The topological polar surface area (TPSA) is 71.7 Å². The van der Waals surface area contributed by atoms with Crippen LogP contribution in [0.4, 0.5) is 13.2 Å². The number of aromatic carboxylic acids is 1. The highest BCUT2D eigenvalue weighted by Crippen LogP contribution is 2.29. The van der Waals surface area contributed by atoms with Gasteiger partial charge in [0.05, 0.1) is 16.8 Å². The molecular weight excluding hydrogens is 361 g/mol. The van der Waals surface area contributed by atoms with Crippen molar-refractivity contribution in [3.05, 3.63) is 80.9 Å². The molecule has 0 fully saturated rings. The Morgan fingerprint density at radius 3 is 2.59 bits per heavy atom. The highest BCUT2D eigenvalue weighted by Gasteiger charge is 2.30. The fourth-order valence-electron chi connectivity index (χ4n) is 2.53. The van der Waals surface area contributed by atoms with Crippen molar-refractivity contribution in [3.8, 4) is 0 Å². The minimum absolute atomic E-state index is 0.0574. The number of carbonyl (C=O) groups is 1. The van der Waals surface area contributed by atoms with Gasteiger partial charge in [-0.15, -0.1) is 0 Å². The highest BCUT2D eigenvalue weighted by atomic mass is 19.4. The monoisotopic (exact) mass is 374 g/mol. The molecule has 2 aromatic heterocycles. The zero-order valence-electron chi connectivity index (χ0n) is 14.0. The molecule has 3 rings (SSSR count). The molecule has 0 spiro atoms. The Bertz CT molecular complexity index is 1130. The van der Waals surface area contributed by atoms with Gasteiger partial charge in [0.15, 0.2) is 0 Å². The Balaban J connectivity index is 2.04. The second kappa shape index (κ2) is 6.71. The molecule has 5 nitrogen and oxygen atoms in total. The number of pyridine rings is 1. The fraction of sp³-hybridized carbons (Fsp3) is 0.105. The van der Waals surface area contributed by atoms with E-state index in [-0.39, 0.29) is 16.8 Å². The van der Waals surface area contributed by atoms with Gasteiger partial charge in [0.25, 0.3) is 5.56 Å². The molecule has 0 saturated heterocycles. The molecule has 1 aromatic carbocycles. The van der Waals surface area contributed by atoms with Crippen molar-refractivity contribution in [2.24, 2.45) is 0 Å². The Morgan fingerprint density at radius 2 is 1.93 bits per heavy atom. The number of carboxylic acids is 1. The molecule has 0 bridgehead atoms. The number of halogens is 3. The van der Waals surface area contributed by atoms with Gasteiger partial charge in [0, 0.05) is 11.8 Å². The minimum Gasteiger partial charge on any atom is -0.478 e. The number of nitrogens with zero attached hydrogens (tertiary/aromatic N) is 2. The average Bonchev–Trinajstić information content (AvgIpc) is 2.62. The minimum atomic E-state index is -4.44. The number of hydrogen-bond acceptors (Lipinski definition) is 3. The van der Waals surface area contributed by atoms with Crippen molar-refractivity contribution in [2.45, 2.75) is 13.1 Å². The van der Waals surface area contributed by atoms with Gasteiger partial charge >= 0.3 is 12.1 Å². The lowest BCUT2D eigenvalue weighted by Gasteiger charge is -2.07. The van der Waals surface area contributed by atoms with Crippen LogP contribution in [0.3, 0.4) is 0 Å². The van der Waals surface area contributed by atoms with E-state index in [4.69, 9.17) is 5.11 Å². The van der Waals surface area contributed by atoms with E-state index < -0.39 is 23.3 Å². The van der Waals surface area contributed by atoms with E-state index in [0.717, 1.165) is 16.5 Å². The molecule has 27 heavy (non-hydrogen) atoms. The molecule has 0 aliphatic heterocycles. The maximum Gasteiger partial charge on any atom is 0.416 e. The van der Waals surface area contributed by atoms with Crippen LogP contribution in [0.25, 0.3) is 17.8 Å². The van der Waals surface area contributed by atoms with Crippen LogP contribution in [0, 0.1) is 6.92 Å². The van der Waals surface area contributed by atoms with E-state index in [1.165, 1.54) is 49.5 Å². The molecule has 0 amide bonds. The van der Waals surface area contributed by atoms with Crippen LogP contribution >= 0.6 is 0 Å². The first-order valence-electron chi connectivity index (χ1n) is 7.78. The third-order valence-corrected chi connectivity index (χ3v) is 3.98. The first kappa shape index (κ1) is 18.4. The first-order chi connectivity index (χ1) is 12.7. The van der Waals surface area contributed by atoms with Crippen LogP contribution in [0.2, 0.25) is 0 Å². The van der Waals surface area contributed by atoms with Crippen LogP contribution < -0.4 is 5.56 Å². The van der Waals surface area contributed by atoms with Crippen molar-refractivity contribution >= 4 is 23.8 Å². The maximum atomic E-state index is 12.8. The number of rotatable bonds is 3. The van der Waals surface area contributed by atoms with Crippen molar-refractivity contribution in [3.63, 3.8) is 0 Å². The number of aromatic nitrogens is 2. The van der Waals surface area contributed by atoms with Gasteiger partial charge in [-0.1, -0.05) is 18.2 Å². The van der Waals surface area contributed by atoms with Gasteiger partial charge in [-0.3, -0.25) is 9.20 Å². The van der Waals surface area contributed by atoms with Crippen molar-refractivity contribution in [1.29, 1.82) is 0 Å². The second-order valence-corrected chi connectivity index (χ2v) is 5.83. The Kier molecular flexibility index (Phi) is 4.57. The summed E-state index contributed by atoms with van der Waals surface area (Å²) in [5.74, 6) is -1.17. The number of fused-ring (bicyclic) bond motifs is 1. The molecule has 0 aliphatic carbocycles. The SMILES string of the molecule is Cc1c(/C=C/c2cccc(C(F)(F)F)c2)nc2ccc(C(=O)O)cn2c1=O. The summed E-state index contributed by atoms with van der Waals surface area (Å²) in [6, 6.07) is 7.49. The summed E-state index contributed by atoms with van der Waals surface area (Å²) >= 11 is 0. The van der Waals surface area contributed by atoms with E-state index in [9.17, 15) is 22.8 Å². The predicted molar refractivity (Wildman–Crippen MR) is 93.5 cm³/mol. The lowest BCUT2D eigenvalue weighted by atomic mass is 10.1. The molecule has 0 atom stereocenters. The smallest absolute Gasteiger partial charge is 0.416 e. The average molecular weight is 374 g/mol. The number of benzene rings is 1. The van der Waals surface area contributed by atoms with Crippen LogP contribution in [0.5, 0.6) is 0 Å². The van der Waals surface area contributed by atoms with Gasteiger partial charge in [-0.25, -0.2) is 9.78 Å². The molecule has 0 aliphatic rings. The molecule has 2 heterocycles. The van der Waals surface area contributed by atoms with Crippen LogP contribution in [-0.2, 0) is 6.18 Å². The third-order valence-electron chi connectivity index (χ3n) is 3.98. The fourth-order valence-corrected chi connectivity index (χ4v) is 2.53. The standard InChI is InChI=1S/C19H13F3N2O3/c1-11-15(7-5-12-3-2-4-14(9-12)19(20,21)22)23-16-8-6-13(18(26)27)10-24(16)17(11)25/h2-10H,1H3,(H,26,27)/b7-5+. The summed E-state index contributed by atoms with van der Waals surface area (Å²) in [6.45, 7) is 1.51. The van der Waals surface area contributed by atoms with Crippen LogP contribution in [-0.4, -0.2) is 20.5 Å². The molecule has 138 valence electrons. The normalized spacial score (nSPS) is 12.0. The van der Waals surface area contributed by atoms with Gasteiger partial charge < -0.3 is 5.11 Å². The Hall–Kier alpha value is -3.42. The maximum absolute atomic E-state index is 12.8. The number of hydrogen-bond donors (Lipinski definition) is 1. The second-order valence-electron chi connectivity index (χ2n) is 5.83. The molecule has 0 radical (unpaired) electrons. The van der Waals surface area contributed by atoms with Gasteiger partial charge in [-0.2, -0.15) is 13.2 Å². The van der Waals surface area contributed by atoms with Crippen LogP contribution in [0.1, 0.15) is 32.7 Å². The zero-order valence-corrected chi connectivity index (χ0v) is 14.0. The molecule has 3 aromatic rings. The summed E-state index contributed by atoms with van der Waals surface area (Å²) in [6.07, 6.45) is -0.370. The Labute approximate surface area is 151 Å². The predicted octanol–water partition coefficient (Wildman–Crippen LogP) is 3.89. The molecule has 0 unspecified atom stereocenters. The lowest BCUT2D eigenvalue weighted by molar-refractivity contribution is -0.137. The van der Waals surface area contributed by atoms with Gasteiger partial charge in [0.1, 0.15) is 5.65 Å². The highest BCUT2D eigenvalue weighted by molar-refractivity contribution is 5.87. The van der Waals surface area contributed by atoms with Crippen molar-refractivity contribution in [2.75, 3.05) is 0 Å². The zero-order chi connectivity index (χ0) is 19.8. The van der Waals surface area contributed by atoms with Crippen molar-refractivity contribution in [1.82, 2.24) is 9.38 Å². The summed E-state index contributed by atoms with van der Waals surface area (Å²) < 4.78 is 39.5. The van der Waals surface area contributed by atoms with E-state index in [1.54, 1.807) is 0 Å². The number of alkyl halides is 3. The van der Waals surface area contributed by atoms with E-state index >= 15 is 0 Å². The number of carboxylic acid groups (broad SMARTS) is 1. The third kappa shape index (κ3) is 3.74. The molecular formula is C19H13F3N2O3. The summed E-state index contributed by atoms with van der Waals surface area (Å²) in [5.41, 5.74) is -0.190. The van der Waals surface area contributed by atoms with Gasteiger partial charge in [-0.05, 0) is 42.8 Å². The molecule has 1 N–H and O–H groups in total. The van der Waals surface area contributed by atoms with Crippen LogP contribution in [0.15, 0.2) is 47.4 Å². The van der Waals surface area contributed by atoms with E-state index in [0.29, 0.717) is 11.3 Å². The quantitative estimate of drug-likeness (QED) is 0.755. The van der Waals surface area contributed by atoms with E-state index in [2.05, 4.69) is 4.98 Å². The molecule has 8 heteroatoms. The first-order valence-corrected chi connectivity index (χ1v) is 7.78. The summed E-state index contributed by atoms with van der Waals surface area (Å²) in [5, 5.41) is 9.02. The van der Waals surface area contributed by atoms with Crippen molar-refractivity contribution < 1.29 is 23.1 Å². The van der Waals surface area contributed by atoms with Gasteiger partial charge in [0.2, 0.25) is 0 Å². The summed E-state index contributed by atoms with van der Waals surface area (Å²) in [7, 11) is 0.